The van der Waals surface area contributed by atoms with Gasteiger partial charge in [0, 0.05) is 34.3 Å². The van der Waals surface area contributed by atoms with Crippen molar-refractivity contribution in [2.24, 2.45) is 0 Å². The number of nitrogens with zero attached hydrogens (tertiary/aromatic N) is 2. The van der Waals surface area contributed by atoms with E-state index in [0.29, 0.717) is 0 Å². The summed E-state index contributed by atoms with van der Waals surface area (Å²) in [6, 6.07) is 16.2. The molecule has 0 aliphatic carbocycles. The van der Waals surface area contributed by atoms with Crippen molar-refractivity contribution in [3.05, 3.63) is 66.3 Å². The zero-order valence-corrected chi connectivity index (χ0v) is 13.4. The van der Waals surface area contributed by atoms with Gasteiger partial charge in [-0.1, -0.05) is 36.4 Å². The molecule has 0 fully saturated rings. The molecule has 4 heteroatoms. The number of pyridine rings is 1. The maximum atomic E-state index is 5.44. The van der Waals surface area contributed by atoms with Crippen LogP contribution in [0.1, 0.15) is 0 Å². The van der Waals surface area contributed by atoms with Gasteiger partial charge in [0.15, 0.2) is 0 Å². The van der Waals surface area contributed by atoms with Crippen molar-refractivity contribution in [1.29, 1.82) is 0 Å². The average Bonchev–Trinajstić information content (AvgIpc) is 3.11. The highest BCUT2D eigenvalue weighted by atomic mass is 32.1. The molecule has 0 aliphatic heterocycles. The van der Waals surface area contributed by atoms with Gasteiger partial charge in [0.25, 0.3) is 0 Å². The molecule has 0 amide bonds. The summed E-state index contributed by atoms with van der Waals surface area (Å²) < 4.78 is 5.44. The zero-order chi connectivity index (χ0) is 15.6. The first kappa shape index (κ1) is 13.9. The maximum absolute atomic E-state index is 5.44. The molecule has 4 rings (SSSR count). The van der Waals surface area contributed by atoms with Gasteiger partial charge in [0.05, 0.1) is 12.8 Å². The van der Waals surface area contributed by atoms with E-state index in [1.165, 1.54) is 5.39 Å². The normalized spacial score (nSPS) is 10.8. The lowest BCUT2D eigenvalue weighted by atomic mass is 10.1. The quantitative estimate of drug-likeness (QED) is 0.531. The third kappa shape index (κ3) is 2.47. The minimum absolute atomic E-state index is 0.834. The molecule has 2 aromatic carbocycles. The number of aromatic nitrogens is 2. The topological polar surface area (TPSA) is 35.0 Å². The third-order valence-corrected chi connectivity index (χ3v) is 4.66. The van der Waals surface area contributed by atoms with Crippen LogP contribution in [0.3, 0.4) is 0 Å². The van der Waals surface area contributed by atoms with E-state index in [4.69, 9.17) is 9.72 Å². The second-order valence-corrected chi connectivity index (χ2v) is 6.00. The van der Waals surface area contributed by atoms with Crippen LogP contribution in [-0.4, -0.2) is 17.1 Å². The molecule has 4 aromatic rings. The van der Waals surface area contributed by atoms with Crippen molar-refractivity contribution in [1.82, 2.24) is 9.97 Å². The van der Waals surface area contributed by atoms with Crippen LogP contribution in [-0.2, 0) is 0 Å². The lowest BCUT2D eigenvalue weighted by Crippen LogP contribution is -1.88. The van der Waals surface area contributed by atoms with Crippen LogP contribution in [0.15, 0.2) is 66.3 Å². The molecule has 0 aliphatic rings. The summed E-state index contributed by atoms with van der Waals surface area (Å²) in [5, 5.41) is 5.33. The maximum Gasteiger partial charge on any atom is 0.128 e. The molecule has 0 bridgehead atoms. The number of hydrogen-bond donors (Lipinski definition) is 0. The molecule has 3 nitrogen and oxygen atoms in total. The molecule has 2 aromatic heterocycles. The summed E-state index contributed by atoms with van der Waals surface area (Å²) in [5.74, 6) is 0.834. The second-order valence-electron chi connectivity index (χ2n) is 5.15. The summed E-state index contributed by atoms with van der Waals surface area (Å²) >= 11 is 1.62. The van der Waals surface area contributed by atoms with Gasteiger partial charge in [-0.05, 0) is 17.5 Å². The Labute approximate surface area is 138 Å². The Morgan fingerprint density at radius 2 is 1.74 bits per heavy atom. The molecule has 0 spiro atoms. The zero-order valence-electron chi connectivity index (χ0n) is 12.6. The van der Waals surface area contributed by atoms with E-state index in [1.807, 2.05) is 48.8 Å². The van der Waals surface area contributed by atoms with Gasteiger partial charge < -0.3 is 4.74 Å². The predicted octanol–water partition coefficient (Wildman–Crippen LogP) is 5.03. The third-order valence-electron chi connectivity index (χ3n) is 3.79. The van der Waals surface area contributed by atoms with E-state index in [2.05, 4.69) is 22.5 Å². The Balaban J connectivity index is 1.84. The van der Waals surface area contributed by atoms with Gasteiger partial charge in [-0.15, -0.1) is 11.3 Å². The molecule has 112 valence electrons. The minimum Gasteiger partial charge on any atom is -0.496 e. The molecule has 0 radical (unpaired) electrons. The first-order valence-corrected chi connectivity index (χ1v) is 8.17. The number of benzene rings is 2. The van der Waals surface area contributed by atoms with Crippen LogP contribution in [0.25, 0.3) is 32.6 Å². The van der Waals surface area contributed by atoms with Crippen molar-refractivity contribution in [2.75, 3.05) is 7.11 Å². The Morgan fingerprint density at radius 3 is 2.65 bits per heavy atom. The standard InChI is InChI=1S/C19H14N2OS/c1-22-18-9-5-4-8-15(18)17-12-23-19(21-17)16-11-20-10-13-6-2-3-7-14(13)16/h2-12H,1H3. The van der Waals surface area contributed by atoms with Gasteiger partial charge >= 0.3 is 0 Å². The Kier molecular flexibility index (Phi) is 3.52. The van der Waals surface area contributed by atoms with Gasteiger partial charge in [0.1, 0.15) is 10.8 Å². The van der Waals surface area contributed by atoms with Gasteiger partial charge in [-0.25, -0.2) is 4.98 Å². The highest BCUT2D eigenvalue weighted by molar-refractivity contribution is 7.13. The number of para-hydroxylation sites is 1. The fourth-order valence-corrected chi connectivity index (χ4v) is 3.51. The van der Waals surface area contributed by atoms with Gasteiger partial charge in [-0.2, -0.15) is 0 Å². The van der Waals surface area contributed by atoms with Crippen LogP contribution in [0.5, 0.6) is 5.75 Å². The molecule has 23 heavy (non-hydrogen) atoms. The number of methoxy groups -OCH3 is 1. The monoisotopic (exact) mass is 318 g/mol. The van der Waals surface area contributed by atoms with E-state index in [0.717, 1.165) is 33.0 Å². The highest BCUT2D eigenvalue weighted by Crippen LogP contribution is 2.35. The SMILES string of the molecule is COc1ccccc1-c1csc(-c2cncc3ccccc23)n1. The molecular formula is C19H14N2OS. The number of hydrogen-bond acceptors (Lipinski definition) is 4. The Bertz CT molecular complexity index is 972. The molecule has 2 heterocycles. The Hall–Kier alpha value is -2.72. The lowest BCUT2D eigenvalue weighted by molar-refractivity contribution is 0.416. The van der Waals surface area contributed by atoms with E-state index in [-0.39, 0.29) is 0 Å². The van der Waals surface area contributed by atoms with Crippen molar-refractivity contribution in [3.8, 4) is 27.6 Å². The summed E-state index contributed by atoms with van der Waals surface area (Å²) in [7, 11) is 1.68. The second kappa shape index (κ2) is 5.82. The molecular weight excluding hydrogens is 304 g/mol. The van der Waals surface area contributed by atoms with Crippen molar-refractivity contribution >= 4 is 22.1 Å². The largest absolute Gasteiger partial charge is 0.496 e. The van der Waals surface area contributed by atoms with E-state index < -0.39 is 0 Å². The van der Waals surface area contributed by atoms with Crippen LogP contribution in [0.2, 0.25) is 0 Å². The molecule has 0 unspecified atom stereocenters. The van der Waals surface area contributed by atoms with Crippen LogP contribution < -0.4 is 4.74 Å². The average molecular weight is 318 g/mol. The number of rotatable bonds is 3. The van der Waals surface area contributed by atoms with Gasteiger partial charge in [0.2, 0.25) is 0 Å². The molecule has 0 atom stereocenters. The van der Waals surface area contributed by atoms with Crippen molar-refractivity contribution in [3.63, 3.8) is 0 Å². The minimum atomic E-state index is 0.834. The molecule has 0 saturated carbocycles. The summed E-state index contributed by atoms with van der Waals surface area (Å²) in [6.07, 6.45) is 3.76. The first-order valence-electron chi connectivity index (χ1n) is 7.29. The molecule has 0 saturated heterocycles. The summed E-state index contributed by atoms with van der Waals surface area (Å²) in [6.45, 7) is 0. The number of ether oxygens (including phenoxy) is 1. The predicted molar refractivity (Wildman–Crippen MR) is 94.8 cm³/mol. The van der Waals surface area contributed by atoms with Crippen LogP contribution in [0.4, 0.5) is 0 Å². The first-order chi connectivity index (χ1) is 11.4. The van der Waals surface area contributed by atoms with Crippen LogP contribution >= 0.6 is 11.3 Å². The smallest absolute Gasteiger partial charge is 0.128 e. The number of thiazole rings is 1. The van der Waals surface area contributed by atoms with E-state index >= 15 is 0 Å². The highest BCUT2D eigenvalue weighted by Gasteiger charge is 2.12. The van der Waals surface area contributed by atoms with E-state index in [1.54, 1.807) is 18.4 Å². The van der Waals surface area contributed by atoms with Crippen LogP contribution in [0, 0.1) is 0 Å². The Morgan fingerprint density at radius 1 is 0.913 bits per heavy atom. The fraction of sp³-hybridized carbons (Fsp3) is 0.0526. The van der Waals surface area contributed by atoms with Gasteiger partial charge in [-0.3, -0.25) is 4.98 Å². The van der Waals surface area contributed by atoms with Crippen molar-refractivity contribution < 1.29 is 4.74 Å². The fourth-order valence-electron chi connectivity index (χ4n) is 2.66. The lowest BCUT2D eigenvalue weighted by Gasteiger charge is -2.05. The number of fused-ring (bicyclic) bond motifs is 1. The van der Waals surface area contributed by atoms with E-state index in [9.17, 15) is 0 Å². The summed E-state index contributed by atoms with van der Waals surface area (Å²) in [5.41, 5.74) is 3.00. The van der Waals surface area contributed by atoms with Crippen molar-refractivity contribution in [2.45, 2.75) is 0 Å². The molecule has 0 N–H and O–H groups in total. The summed E-state index contributed by atoms with van der Waals surface area (Å²) in [4.78, 5) is 9.15.